The number of guanidine groups is 1. The Labute approximate surface area is 155 Å². The summed E-state index contributed by atoms with van der Waals surface area (Å²) in [5.74, 6) is -0.616. The molecule has 0 aromatic heterocycles. The van der Waals surface area contributed by atoms with Crippen LogP contribution >= 0.6 is 0 Å². The normalized spacial score (nSPS) is 16.2. The number of carbonyl (C=O) groups is 2. The van der Waals surface area contributed by atoms with Crippen LogP contribution in [0.1, 0.15) is 28.4 Å². The van der Waals surface area contributed by atoms with Gasteiger partial charge in [-0.25, -0.2) is 9.38 Å². The number of ether oxygens (including phenoxy) is 2. The Morgan fingerprint density at radius 2 is 2.00 bits per heavy atom. The van der Waals surface area contributed by atoms with Crippen molar-refractivity contribution in [2.24, 2.45) is 4.99 Å². The number of halogens is 1. The fourth-order valence-electron chi connectivity index (χ4n) is 2.76. The van der Waals surface area contributed by atoms with Gasteiger partial charge in [0.2, 0.25) is 11.9 Å². The van der Waals surface area contributed by atoms with Crippen molar-refractivity contribution in [2.45, 2.75) is 12.5 Å². The van der Waals surface area contributed by atoms with Gasteiger partial charge in [0.1, 0.15) is 17.3 Å². The van der Waals surface area contributed by atoms with Gasteiger partial charge in [-0.1, -0.05) is 12.1 Å². The first kappa shape index (κ1) is 18.4. The third-order valence-corrected chi connectivity index (χ3v) is 4.07. The molecule has 0 spiro atoms. The van der Waals surface area contributed by atoms with E-state index in [9.17, 15) is 14.0 Å². The molecule has 2 aromatic carbocycles. The second kappa shape index (κ2) is 7.86. The lowest BCUT2D eigenvalue weighted by atomic mass is 10.0. The summed E-state index contributed by atoms with van der Waals surface area (Å²) in [5.41, 5.74) is 0.500. The fraction of sp³-hybridized carbons (Fsp3) is 0.211. The number of nitrogens with one attached hydrogen (secondary N) is 2. The highest BCUT2D eigenvalue weighted by molar-refractivity contribution is 6.10. The number of hydrogen-bond donors (Lipinski definition) is 2. The largest absolute Gasteiger partial charge is 0.497 e. The molecule has 140 valence electrons. The predicted molar refractivity (Wildman–Crippen MR) is 96.3 cm³/mol. The maximum absolute atomic E-state index is 13.8. The summed E-state index contributed by atoms with van der Waals surface area (Å²) in [5, 5.41) is 4.93. The van der Waals surface area contributed by atoms with E-state index in [4.69, 9.17) is 9.47 Å². The third-order valence-electron chi connectivity index (χ3n) is 4.07. The highest BCUT2D eigenvalue weighted by Crippen LogP contribution is 2.34. The van der Waals surface area contributed by atoms with Crippen LogP contribution in [0.3, 0.4) is 0 Å². The Balaban J connectivity index is 1.89. The molecule has 0 saturated carbocycles. The maximum Gasteiger partial charge on any atom is 0.260 e. The molecule has 1 aliphatic rings. The topological polar surface area (TPSA) is 89.0 Å². The number of nitrogens with zero attached hydrogens (tertiary/aromatic N) is 1. The SMILES string of the molecule is COc1ccc(OC)c(C2CC(=O)NC(NC(=O)c3ccccc3F)=N2)c1. The second-order valence-corrected chi connectivity index (χ2v) is 5.79. The van der Waals surface area contributed by atoms with Crippen LogP contribution < -0.4 is 20.1 Å². The molecule has 1 heterocycles. The van der Waals surface area contributed by atoms with E-state index >= 15 is 0 Å². The van der Waals surface area contributed by atoms with Crippen molar-refractivity contribution in [1.29, 1.82) is 0 Å². The molecule has 0 fully saturated rings. The van der Waals surface area contributed by atoms with Crippen molar-refractivity contribution in [3.63, 3.8) is 0 Å². The van der Waals surface area contributed by atoms with Gasteiger partial charge in [-0.3, -0.25) is 20.2 Å². The first-order valence-electron chi connectivity index (χ1n) is 8.17. The zero-order valence-corrected chi connectivity index (χ0v) is 14.8. The van der Waals surface area contributed by atoms with E-state index in [2.05, 4.69) is 15.6 Å². The molecule has 0 saturated heterocycles. The molecule has 7 nitrogen and oxygen atoms in total. The van der Waals surface area contributed by atoms with Crippen molar-refractivity contribution >= 4 is 17.8 Å². The zero-order valence-electron chi connectivity index (χ0n) is 14.8. The first-order valence-corrected chi connectivity index (χ1v) is 8.17. The van der Waals surface area contributed by atoms with E-state index < -0.39 is 17.8 Å². The van der Waals surface area contributed by atoms with Gasteiger partial charge in [-0.2, -0.15) is 0 Å². The third kappa shape index (κ3) is 4.05. The predicted octanol–water partition coefficient (Wildman–Crippen LogP) is 2.19. The summed E-state index contributed by atoms with van der Waals surface area (Å²) in [7, 11) is 3.04. The number of rotatable bonds is 4. The lowest BCUT2D eigenvalue weighted by Crippen LogP contribution is -2.47. The minimum Gasteiger partial charge on any atom is -0.497 e. The minimum atomic E-state index is -0.703. The molecule has 1 atom stereocenters. The number of hydrogen-bond acceptors (Lipinski definition) is 5. The summed E-state index contributed by atoms with van der Waals surface area (Å²) in [6, 6.07) is 10.1. The lowest BCUT2D eigenvalue weighted by molar-refractivity contribution is -0.120. The molecule has 2 amide bonds. The average Bonchev–Trinajstić information content (AvgIpc) is 2.67. The molecular formula is C19H18FN3O4. The van der Waals surface area contributed by atoms with Gasteiger partial charge in [0.25, 0.3) is 5.91 Å². The number of methoxy groups -OCH3 is 2. The molecule has 1 aliphatic heterocycles. The Morgan fingerprint density at radius 1 is 1.22 bits per heavy atom. The molecule has 0 aliphatic carbocycles. The Morgan fingerprint density at radius 3 is 2.70 bits per heavy atom. The van der Waals surface area contributed by atoms with Crippen LogP contribution in [-0.4, -0.2) is 32.0 Å². The summed E-state index contributed by atoms with van der Waals surface area (Å²) in [4.78, 5) is 28.8. The standard InChI is InChI=1S/C19H18FN3O4/c1-26-11-7-8-16(27-2)13(9-11)15-10-17(24)22-19(21-15)23-18(25)12-5-3-4-6-14(12)20/h3-9,15H,10H2,1-2H3,(H2,21,22,23,24,25). The lowest BCUT2D eigenvalue weighted by Gasteiger charge is -2.23. The smallest absolute Gasteiger partial charge is 0.260 e. The van der Waals surface area contributed by atoms with E-state index in [1.807, 2.05) is 0 Å². The van der Waals surface area contributed by atoms with Crippen molar-refractivity contribution in [2.75, 3.05) is 14.2 Å². The van der Waals surface area contributed by atoms with Crippen LogP contribution in [0, 0.1) is 5.82 Å². The molecule has 0 bridgehead atoms. The Hall–Kier alpha value is -3.42. The van der Waals surface area contributed by atoms with Crippen LogP contribution in [-0.2, 0) is 4.79 Å². The average molecular weight is 371 g/mol. The molecule has 0 radical (unpaired) electrons. The van der Waals surface area contributed by atoms with E-state index in [1.165, 1.54) is 32.4 Å². The number of benzene rings is 2. The number of amides is 2. The van der Waals surface area contributed by atoms with Crippen LogP contribution in [0.15, 0.2) is 47.5 Å². The van der Waals surface area contributed by atoms with Gasteiger partial charge in [-0.05, 0) is 30.3 Å². The summed E-state index contributed by atoms with van der Waals surface area (Å²) < 4.78 is 24.3. The Bertz CT molecular complexity index is 914. The van der Waals surface area contributed by atoms with Crippen molar-refractivity contribution in [1.82, 2.24) is 10.6 Å². The van der Waals surface area contributed by atoms with E-state index in [1.54, 1.807) is 24.3 Å². The van der Waals surface area contributed by atoms with Gasteiger partial charge >= 0.3 is 0 Å². The van der Waals surface area contributed by atoms with Gasteiger partial charge in [0, 0.05) is 5.56 Å². The molecule has 2 aromatic rings. The molecule has 1 unspecified atom stereocenters. The summed E-state index contributed by atoms with van der Waals surface area (Å²) in [6.45, 7) is 0. The van der Waals surface area contributed by atoms with E-state index in [0.29, 0.717) is 17.1 Å². The summed E-state index contributed by atoms with van der Waals surface area (Å²) >= 11 is 0. The van der Waals surface area contributed by atoms with Gasteiger partial charge in [0.15, 0.2) is 0 Å². The molecule has 8 heteroatoms. The van der Waals surface area contributed by atoms with Gasteiger partial charge < -0.3 is 9.47 Å². The van der Waals surface area contributed by atoms with Gasteiger partial charge in [0.05, 0.1) is 32.2 Å². The van der Waals surface area contributed by atoms with Crippen molar-refractivity contribution < 1.29 is 23.5 Å². The van der Waals surface area contributed by atoms with E-state index in [0.717, 1.165) is 0 Å². The maximum atomic E-state index is 13.8. The quantitative estimate of drug-likeness (QED) is 0.862. The van der Waals surface area contributed by atoms with Crippen LogP contribution in [0.25, 0.3) is 0 Å². The highest BCUT2D eigenvalue weighted by atomic mass is 19.1. The molecule has 3 rings (SSSR count). The van der Waals surface area contributed by atoms with Crippen LogP contribution in [0.4, 0.5) is 4.39 Å². The van der Waals surface area contributed by atoms with Crippen LogP contribution in [0.2, 0.25) is 0 Å². The number of aliphatic imine (C=N–C) groups is 1. The van der Waals surface area contributed by atoms with Crippen molar-refractivity contribution in [3.05, 3.63) is 59.4 Å². The number of carbonyl (C=O) groups excluding carboxylic acids is 2. The molecule has 27 heavy (non-hydrogen) atoms. The van der Waals surface area contributed by atoms with E-state index in [-0.39, 0.29) is 23.9 Å². The Kier molecular flexibility index (Phi) is 5.35. The first-order chi connectivity index (χ1) is 13.0. The highest BCUT2D eigenvalue weighted by Gasteiger charge is 2.26. The summed E-state index contributed by atoms with van der Waals surface area (Å²) in [6.07, 6.45) is 0.0720. The van der Waals surface area contributed by atoms with Crippen molar-refractivity contribution in [3.8, 4) is 11.5 Å². The van der Waals surface area contributed by atoms with Gasteiger partial charge in [-0.15, -0.1) is 0 Å². The zero-order chi connectivity index (χ0) is 19.4. The molecular weight excluding hydrogens is 353 g/mol. The molecule has 2 N–H and O–H groups in total. The fourth-order valence-corrected chi connectivity index (χ4v) is 2.76. The monoisotopic (exact) mass is 371 g/mol. The minimum absolute atomic E-state index is 0.0469. The van der Waals surface area contributed by atoms with Crippen LogP contribution in [0.5, 0.6) is 11.5 Å². The second-order valence-electron chi connectivity index (χ2n) is 5.79.